The van der Waals surface area contributed by atoms with Crippen molar-refractivity contribution in [3.63, 3.8) is 0 Å². The molecule has 0 fully saturated rings. The molecule has 0 aliphatic rings. The molecule has 2 rings (SSSR count). The van der Waals surface area contributed by atoms with Gasteiger partial charge < -0.3 is 10.4 Å². The summed E-state index contributed by atoms with van der Waals surface area (Å²) < 4.78 is 0. The number of hydrogen-bond donors (Lipinski definition) is 3. The second-order valence-corrected chi connectivity index (χ2v) is 6.58. The first-order chi connectivity index (χ1) is 9.88. The summed E-state index contributed by atoms with van der Waals surface area (Å²) in [4.78, 5) is 0. The third-order valence-electron chi connectivity index (χ3n) is 3.58. The first kappa shape index (κ1) is 15.7. The summed E-state index contributed by atoms with van der Waals surface area (Å²) in [6, 6.07) is 7.99. The fourth-order valence-corrected chi connectivity index (χ4v) is 2.34. The molecule has 1 aromatic carbocycles. The Labute approximate surface area is 126 Å². The van der Waals surface area contributed by atoms with Gasteiger partial charge in [0.1, 0.15) is 0 Å². The molecule has 0 bridgehead atoms. The van der Waals surface area contributed by atoms with E-state index in [1.165, 1.54) is 5.56 Å². The molecule has 0 amide bonds. The van der Waals surface area contributed by atoms with Crippen LogP contribution in [0.1, 0.15) is 49.3 Å². The standard InChI is InChI=1S/C17H25N3O/c1-12-5-7-13(8-6-12)15(21)11-18-9-14-10-19-20-16(14)17(2,3)4/h5-8,10,15,18,21H,9,11H2,1-4H3,(H,19,20). The van der Waals surface area contributed by atoms with Crippen LogP contribution in [0.3, 0.4) is 0 Å². The van der Waals surface area contributed by atoms with Gasteiger partial charge in [0, 0.05) is 29.8 Å². The SMILES string of the molecule is Cc1ccc(C(O)CNCc2cn[nH]c2C(C)(C)C)cc1. The van der Waals surface area contributed by atoms with E-state index >= 15 is 0 Å². The van der Waals surface area contributed by atoms with Crippen LogP contribution in [0, 0.1) is 6.92 Å². The third kappa shape index (κ3) is 4.16. The third-order valence-corrected chi connectivity index (χ3v) is 3.58. The summed E-state index contributed by atoms with van der Waals surface area (Å²) in [7, 11) is 0. The summed E-state index contributed by atoms with van der Waals surface area (Å²) in [5.41, 5.74) is 4.48. The van der Waals surface area contributed by atoms with Crippen LogP contribution in [0.2, 0.25) is 0 Å². The van der Waals surface area contributed by atoms with Gasteiger partial charge >= 0.3 is 0 Å². The fraction of sp³-hybridized carbons (Fsp3) is 0.471. The van der Waals surface area contributed by atoms with Crippen LogP contribution in [0.25, 0.3) is 0 Å². The monoisotopic (exact) mass is 287 g/mol. The average Bonchev–Trinajstić information content (AvgIpc) is 2.88. The number of aliphatic hydroxyl groups excluding tert-OH is 1. The molecule has 114 valence electrons. The van der Waals surface area contributed by atoms with E-state index in [1.807, 2.05) is 37.4 Å². The van der Waals surface area contributed by atoms with Gasteiger partial charge in [-0.3, -0.25) is 5.10 Å². The number of benzene rings is 1. The molecule has 1 heterocycles. The highest BCUT2D eigenvalue weighted by Gasteiger charge is 2.19. The number of nitrogens with zero attached hydrogens (tertiary/aromatic N) is 1. The van der Waals surface area contributed by atoms with Gasteiger partial charge in [-0.15, -0.1) is 0 Å². The van der Waals surface area contributed by atoms with Crippen LogP contribution in [0.15, 0.2) is 30.5 Å². The lowest BCUT2D eigenvalue weighted by Crippen LogP contribution is -2.23. The van der Waals surface area contributed by atoms with Crippen LogP contribution in [0.5, 0.6) is 0 Å². The van der Waals surface area contributed by atoms with Crippen LogP contribution >= 0.6 is 0 Å². The first-order valence-electron chi connectivity index (χ1n) is 7.36. The summed E-state index contributed by atoms with van der Waals surface area (Å²) in [6.45, 7) is 9.74. The van der Waals surface area contributed by atoms with Gasteiger partial charge in [0.25, 0.3) is 0 Å². The molecule has 4 nitrogen and oxygen atoms in total. The molecule has 1 aromatic heterocycles. The number of aliphatic hydroxyl groups is 1. The van der Waals surface area contributed by atoms with Gasteiger partial charge in [-0.1, -0.05) is 50.6 Å². The normalized spacial score (nSPS) is 13.4. The smallest absolute Gasteiger partial charge is 0.0914 e. The minimum Gasteiger partial charge on any atom is -0.387 e. The number of hydrogen-bond acceptors (Lipinski definition) is 3. The molecule has 2 aromatic rings. The molecule has 3 N–H and O–H groups in total. The lowest BCUT2D eigenvalue weighted by Gasteiger charge is -2.19. The summed E-state index contributed by atoms with van der Waals surface area (Å²) in [5, 5.41) is 20.7. The quantitative estimate of drug-likeness (QED) is 0.792. The largest absolute Gasteiger partial charge is 0.387 e. The predicted molar refractivity (Wildman–Crippen MR) is 85.1 cm³/mol. The Morgan fingerprint density at radius 3 is 2.52 bits per heavy atom. The van der Waals surface area contributed by atoms with E-state index in [9.17, 15) is 5.11 Å². The van der Waals surface area contributed by atoms with Crippen molar-refractivity contribution in [2.75, 3.05) is 6.54 Å². The number of aryl methyl sites for hydroxylation is 1. The molecule has 0 aliphatic carbocycles. The lowest BCUT2D eigenvalue weighted by atomic mass is 9.89. The molecular weight excluding hydrogens is 262 g/mol. The van der Waals surface area contributed by atoms with Gasteiger partial charge in [0.05, 0.1) is 12.3 Å². The van der Waals surface area contributed by atoms with Gasteiger partial charge in [0.15, 0.2) is 0 Å². The fourth-order valence-electron chi connectivity index (χ4n) is 2.34. The molecule has 1 atom stereocenters. The Hall–Kier alpha value is -1.65. The average molecular weight is 287 g/mol. The highest BCUT2D eigenvalue weighted by atomic mass is 16.3. The Bertz CT molecular complexity index is 566. The Morgan fingerprint density at radius 1 is 1.24 bits per heavy atom. The number of aromatic nitrogens is 2. The van der Waals surface area contributed by atoms with Crippen molar-refractivity contribution >= 4 is 0 Å². The van der Waals surface area contributed by atoms with E-state index in [0.29, 0.717) is 13.1 Å². The maximum Gasteiger partial charge on any atom is 0.0914 e. The minimum absolute atomic E-state index is 0.0447. The lowest BCUT2D eigenvalue weighted by molar-refractivity contribution is 0.174. The summed E-state index contributed by atoms with van der Waals surface area (Å²) in [6.07, 6.45) is 1.36. The van der Waals surface area contributed by atoms with E-state index in [1.54, 1.807) is 0 Å². The number of rotatable bonds is 5. The zero-order chi connectivity index (χ0) is 15.5. The Kier molecular flexibility index (Phi) is 4.80. The van der Waals surface area contributed by atoms with Crippen molar-refractivity contribution in [3.05, 3.63) is 52.8 Å². The molecule has 4 heteroatoms. The zero-order valence-electron chi connectivity index (χ0n) is 13.3. The summed E-state index contributed by atoms with van der Waals surface area (Å²) >= 11 is 0. The van der Waals surface area contributed by atoms with Crippen LogP contribution in [0.4, 0.5) is 0 Å². The minimum atomic E-state index is -0.490. The molecule has 21 heavy (non-hydrogen) atoms. The Balaban J connectivity index is 1.90. The molecule has 1 unspecified atom stereocenters. The number of H-pyrrole nitrogens is 1. The topological polar surface area (TPSA) is 60.9 Å². The predicted octanol–water partition coefficient (Wildman–Crippen LogP) is 2.84. The van der Waals surface area contributed by atoms with Crippen LogP contribution in [-0.2, 0) is 12.0 Å². The molecular formula is C17H25N3O. The van der Waals surface area contributed by atoms with Crippen LogP contribution < -0.4 is 5.32 Å². The second-order valence-electron chi connectivity index (χ2n) is 6.58. The first-order valence-corrected chi connectivity index (χ1v) is 7.36. The number of aromatic amines is 1. The van der Waals surface area contributed by atoms with E-state index < -0.39 is 6.10 Å². The van der Waals surface area contributed by atoms with Gasteiger partial charge in [-0.05, 0) is 12.5 Å². The van der Waals surface area contributed by atoms with Crippen molar-refractivity contribution in [1.82, 2.24) is 15.5 Å². The molecule has 0 spiro atoms. The van der Waals surface area contributed by atoms with E-state index in [4.69, 9.17) is 0 Å². The highest BCUT2D eigenvalue weighted by Crippen LogP contribution is 2.23. The zero-order valence-corrected chi connectivity index (χ0v) is 13.3. The molecule has 0 saturated heterocycles. The second kappa shape index (κ2) is 6.41. The van der Waals surface area contributed by atoms with Gasteiger partial charge in [0.2, 0.25) is 0 Å². The van der Waals surface area contributed by atoms with Gasteiger partial charge in [-0.25, -0.2) is 0 Å². The van der Waals surface area contributed by atoms with Crippen molar-refractivity contribution in [2.45, 2.75) is 45.8 Å². The van der Waals surface area contributed by atoms with E-state index in [2.05, 4.69) is 36.3 Å². The molecule has 0 saturated carbocycles. The van der Waals surface area contributed by atoms with E-state index in [0.717, 1.165) is 16.8 Å². The molecule has 0 aliphatic heterocycles. The number of nitrogens with one attached hydrogen (secondary N) is 2. The highest BCUT2D eigenvalue weighted by molar-refractivity contribution is 5.24. The summed E-state index contributed by atoms with van der Waals surface area (Å²) in [5.74, 6) is 0. The maximum atomic E-state index is 10.2. The van der Waals surface area contributed by atoms with Crippen molar-refractivity contribution in [2.24, 2.45) is 0 Å². The van der Waals surface area contributed by atoms with Crippen molar-refractivity contribution in [3.8, 4) is 0 Å². The van der Waals surface area contributed by atoms with Crippen molar-refractivity contribution < 1.29 is 5.11 Å². The molecule has 0 radical (unpaired) electrons. The van der Waals surface area contributed by atoms with Crippen molar-refractivity contribution in [1.29, 1.82) is 0 Å². The van der Waals surface area contributed by atoms with Gasteiger partial charge in [-0.2, -0.15) is 5.10 Å². The van der Waals surface area contributed by atoms with E-state index in [-0.39, 0.29) is 5.41 Å². The van der Waals surface area contributed by atoms with Crippen LogP contribution in [-0.4, -0.2) is 21.8 Å². The Morgan fingerprint density at radius 2 is 1.90 bits per heavy atom. The maximum absolute atomic E-state index is 10.2.